The molecule has 0 amide bonds. The first-order valence-corrected chi connectivity index (χ1v) is 6.26. The van der Waals surface area contributed by atoms with Crippen LogP contribution >= 0.6 is 15.9 Å². The predicted molar refractivity (Wildman–Crippen MR) is 66.7 cm³/mol. The molecule has 1 heterocycles. The number of hydrogen-bond donors (Lipinski definition) is 2. The van der Waals surface area contributed by atoms with Crippen LogP contribution in [0.2, 0.25) is 0 Å². The Morgan fingerprint density at radius 1 is 1.56 bits per heavy atom. The Balaban J connectivity index is 2.19. The van der Waals surface area contributed by atoms with Crippen LogP contribution < -0.4 is 10.1 Å². The van der Waals surface area contributed by atoms with Gasteiger partial charge in [0.15, 0.2) is 0 Å². The molecule has 2 unspecified atom stereocenters. The van der Waals surface area contributed by atoms with Gasteiger partial charge in [0, 0.05) is 10.5 Å². The normalized spacial score (nSPS) is 22.1. The highest BCUT2D eigenvalue weighted by molar-refractivity contribution is 9.10. The third-order valence-corrected chi connectivity index (χ3v) is 3.69. The third kappa shape index (κ3) is 2.39. The summed E-state index contributed by atoms with van der Waals surface area (Å²) in [6.45, 7) is 0.996. The van der Waals surface area contributed by atoms with Crippen LogP contribution in [0.25, 0.3) is 0 Å². The Morgan fingerprint density at radius 3 is 2.94 bits per heavy atom. The van der Waals surface area contributed by atoms with E-state index >= 15 is 0 Å². The first-order valence-electron chi connectivity index (χ1n) is 5.47. The van der Waals surface area contributed by atoms with Gasteiger partial charge in [0.25, 0.3) is 0 Å². The second-order valence-electron chi connectivity index (χ2n) is 4.04. The Hall–Kier alpha value is -0.580. The van der Waals surface area contributed by atoms with E-state index in [1.54, 1.807) is 7.11 Å². The lowest BCUT2D eigenvalue weighted by Gasteiger charge is -2.20. The summed E-state index contributed by atoms with van der Waals surface area (Å²) in [6, 6.07) is 5.84. The summed E-state index contributed by atoms with van der Waals surface area (Å²) in [6.07, 6.45) is 1.71. The number of benzene rings is 1. The van der Waals surface area contributed by atoms with E-state index in [4.69, 9.17) is 4.74 Å². The fraction of sp³-hybridized carbons (Fsp3) is 0.500. The number of hydrogen-bond acceptors (Lipinski definition) is 3. The molecular formula is C12H16BrNO2. The summed E-state index contributed by atoms with van der Waals surface area (Å²) in [7, 11) is 1.64. The lowest BCUT2D eigenvalue weighted by molar-refractivity contribution is 0.136. The average molecular weight is 286 g/mol. The largest absolute Gasteiger partial charge is 0.497 e. The maximum Gasteiger partial charge on any atom is 0.120 e. The van der Waals surface area contributed by atoms with E-state index in [0.29, 0.717) is 0 Å². The molecule has 0 bridgehead atoms. The summed E-state index contributed by atoms with van der Waals surface area (Å²) in [4.78, 5) is 0. The molecule has 1 aromatic rings. The van der Waals surface area contributed by atoms with Gasteiger partial charge in [-0.25, -0.2) is 0 Å². The van der Waals surface area contributed by atoms with Crippen molar-refractivity contribution in [1.82, 2.24) is 5.32 Å². The standard InChI is InChI=1S/C12H16BrNO2/c1-16-8-4-5-9(10(13)7-8)12(15)11-3-2-6-14-11/h4-5,7,11-12,14-15H,2-3,6H2,1H3. The minimum Gasteiger partial charge on any atom is -0.497 e. The molecule has 4 heteroatoms. The van der Waals surface area contributed by atoms with Gasteiger partial charge in [0.2, 0.25) is 0 Å². The zero-order valence-corrected chi connectivity index (χ0v) is 10.8. The quantitative estimate of drug-likeness (QED) is 0.895. The number of methoxy groups -OCH3 is 1. The molecule has 0 aliphatic carbocycles. The van der Waals surface area contributed by atoms with Crippen molar-refractivity contribution in [3.05, 3.63) is 28.2 Å². The minimum absolute atomic E-state index is 0.171. The van der Waals surface area contributed by atoms with Crippen molar-refractivity contribution in [2.45, 2.75) is 25.0 Å². The van der Waals surface area contributed by atoms with Gasteiger partial charge in [-0.15, -0.1) is 0 Å². The lowest BCUT2D eigenvalue weighted by Crippen LogP contribution is -2.28. The Bertz CT molecular complexity index is 364. The molecule has 0 saturated carbocycles. The van der Waals surface area contributed by atoms with Crippen molar-refractivity contribution < 1.29 is 9.84 Å². The van der Waals surface area contributed by atoms with Crippen LogP contribution in [0.5, 0.6) is 5.75 Å². The van der Waals surface area contributed by atoms with Gasteiger partial charge in [-0.1, -0.05) is 22.0 Å². The van der Waals surface area contributed by atoms with Crippen molar-refractivity contribution in [1.29, 1.82) is 0 Å². The molecule has 88 valence electrons. The topological polar surface area (TPSA) is 41.5 Å². The molecule has 2 rings (SSSR count). The summed E-state index contributed by atoms with van der Waals surface area (Å²) < 4.78 is 6.02. The SMILES string of the molecule is COc1ccc(C(O)C2CCCN2)c(Br)c1. The maximum atomic E-state index is 10.2. The molecule has 1 aliphatic rings. The van der Waals surface area contributed by atoms with Crippen LogP contribution in [0, 0.1) is 0 Å². The Morgan fingerprint density at radius 2 is 2.38 bits per heavy atom. The van der Waals surface area contributed by atoms with Crippen LogP contribution in [0.1, 0.15) is 24.5 Å². The van der Waals surface area contributed by atoms with Crippen molar-refractivity contribution in [3.8, 4) is 5.75 Å². The first kappa shape index (κ1) is 11.9. The number of halogens is 1. The molecular weight excluding hydrogens is 270 g/mol. The molecule has 1 aromatic carbocycles. The van der Waals surface area contributed by atoms with Crippen molar-refractivity contribution in [2.75, 3.05) is 13.7 Å². The predicted octanol–water partition coefficient (Wildman–Crippen LogP) is 2.24. The number of aliphatic hydroxyl groups excluding tert-OH is 1. The summed E-state index contributed by atoms with van der Waals surface area (Å²) >= 11 is 3.47. The van der Waals surface area contributed by atoms with Gasteiger partial charge in [-0.2, -0.15) is 0 Å². The minimum atomic E-state index is -0.456. The fourth-order valence-electron chi connectivity index (χ4n) is 2.07. The third-order valence-electron chi connectivity index (χ3n) is 3.01. The molecule has 3 nitrogen and oxygen atoms in total. The maximum absolute atomic E-state index is 10.2. The molecule has 1 saturated heterocycles. The molecule has 2 N–H and O–H groups in total. The van der Waals surface area contributed by atoms with Gasteiger partial charge >= 0.3 is 0 Å². The summed E-state index contributed by atoms with van der Waals surface area (Å²) in [5.41, 5.74) is 0.917. The molecule has 2 atom stereocenters. The molecule has 0 aromatic heterocycles. The van der Waals surface area contributed by atoms with Gasteiger partial charge in [-0.05, 0) is 37.1 Å². The number of ether oxygens (including phenoxy) is 1. The van der Waals surface area contributed by atoms with E-state index in [-0.39, 0.29) is 6.04 Å². The highest BCUT2D eigenvalue weighted by Crippen LogP contribution is 2.31. The van der Waals surface area contributed by atoms with E-state index < -0.39 is 6.10 Å². The van der Waals surface area contributed by atoms with Gasteiger partial charge in [-0.3, -0.25) is 0 Å². The molecule has 0 spiro atoms. The highest BCUT2D eigenvalue weighted by atomic mass is 79.9. The van der Waals surface area contributed by atoms with E-state index in [1.807, 2.05) is 18.2 Å². The molecule has 1 fully saturated rings. The van der Waals surface area contributed by atoms with Crippen LogP contribution in [0.4, 0.5) is 0 Å². The average Bonchev–Trinajstić information content (AvgIpc) is 2.81. The smallest absolute Gasteiger partial charge is 0.120 e. The lowest BCUT2D eigenvalue weighted by atomic mass is 10.0. The zero-order chi connectivity index (χ0) is 11.5. The Labute approximate surface area is 104 Å². The number of rotatable bonds is 3. The van der Waals surface area contributed by atoms with E-state index in [2.05, 4.69) is 21.2 Å². The van der Waals surface area contributed by atoms with E-state index in [9.17, 15) is 5.11 Å². The van der Waals surface area contributed by atoms with Gasteiger partial charge < -0.3 is 15.2 Å². The van der Waals surface area contributed by atoms with E-state index in [1.165, 1.54) is 0 Å². The second kappa shape index (κ2) is 5.17. The summed E-state index contributed by atoms with van der Waals surface area (Å²) in [5.74, 6) is 0.794. The van der Waals surface area contributed by atoms with Crippen LogP contribution in [-0.4, -0.2) is 24.8 Å². The summed E-state index contributed by atoms with van der Waals surface area (Å²) in [5, 5.41) is 13.5. The van der Waals surface area contributed by atoms with Gasteiger partial charge in [0.1, 0.15) is 5.75 Å². The van der Waals surface area contributed by atoms with Crippen molar-refractivity contribution in [3.63, 3.8) is 0 Å². The molecule has 1 aliphatic heterocycles. The van der Waals surface area contributed by atoms with Crippen LogP contribution in [0.15, 0.2) is 22.7 Å². The van der Waals surface area contributed by atoms with Gasteiger partial charge in [0.05, 0.1) is 13.2 Å². The number of aliphatic hydroxyl groups is 1. The Kier molecular flexibility index (Phi) is 3.84. The molecule has 0 radical (unpaired) electrons. The van der Waals surface area contributed by atoms with Crippen molar-refractivity contribution >= 4 is 15.9 Å². The monoisotopic (exact) mass is 285 g/mol. The second-order valence-corrected chi connectivity index (χ2v) is 4.89. The van der Waals surface area contributed by atoms with E-state index in [0.717, 1.165) is 35.2 Å². The van der Waals surface area contributed by atoms with Crippen LogP contribution in [0.3, 0.4) is 0 Å². The molecule has 16 heavy (non-hydrogen) atoms. The van der Waals surface area contributed by atoms with Crippen molar-refractivity contribution in [2.24, 2.45) is 0 Å². The number of nitrogens with one attached hydrogen (secondary N) is 1. The van der Waals surface area contributed by atoms with Crippen LogP contribution in [-0.2, 0) is 0 Å². The zero-order valence-electron chi connectivity index (χ0n) is 9.24. The fourth-order valence-corrected chi connectivity index (χ4v) is 2.66. The highest BCUT2D eigenvalue weighted by Gasteiger charge is 2.25. The first-order chi connectivity index (χ1) is 7.72.